The number of thiophene rings is 1. The maximum absolute atomic E-state index is 5.56. The van der Waals surface area contributed by atoms with Gasteiger partial charge in [-0.05, 0) is 23.6 Å². The molecule has 0 aliphatic carbocycles. The van der Waals surface area contributed by atoms with Gasteiger partial charge in [0, 0.05) is 24.9 Å². The number of para-hydroxylation sites is 1. The number of rotatable bonds is 5. The predicted octanol–water partition coefficient (Wildman–Crippen LogP) is 3.74. The number of H-pyrrole nitrogens is 1. The van der Waals surface area contributed by atoms with Crippen molar-refractivity contribution in [1.29, 1.82) is 0 Å². The normalized spacial score (nSPS) is 11.2. The highest BCUT2D eigenvalue weighted by molar-refractivity contribution is 7.13. The molecule has 0 aliphatic rings. The highest BCUT2D eigenvalue weighted by atomic mass is 32.1. The lowest BCUT2D eigenvalue weighted by Crippen LogP contribution is -2.04. The SMILES string of the molecule is COc1cccc2nc(-c3cccs3)n(CCc3cnc[nH]3)c12. The lowest BCUT2D eigenvalue weighted by molar-refractivity contribution is 0.417. The van der Waals surface area contributed by atoms with E-state index in [1.165, 1.54) is 0 Å². The molecule has 23 heavy (non-hydrogen) atoms. The molecule has 0 atom stereocenters. The second kappa shape index (κ2) is 5.89. The summed E-state index contributed by atoms with van der Waals surface area (Å²) in [7, 11) is 1.70. The molecule has 1 aromatic carbocycles. The van der Waals surface area contributed by atoms with Gasteiger partial charge in [0.2, 0.25) is 0 Å². The van der Waals surface area contributed by atoms with Gasteiger partial charge in [-0.15, -0.1) is 11.3 Å². The minimum Gasteiger partial charge on any atom is -0.494 e. The third-order valence-corrected chi connectivity index (χ3v) is 4.72. The Kier molecular flexibility index (Phi) is 3.59. The zero-order chi connectivity index (χ0) is 15.6. The number of aryl methyl sites for hydroxylation is 2. The van der Waals surface area contributed by atoms with E-state index in [1.807, 2.05) is 24.4 Å². The number of aromatic amines is 1. The Morgan fingerprint density at radius 1 is 1.26 bits per heavy atom. The van der Waals surface area contributed by atoms with E-state index in [0.29, 0.717) is 0 Å². The highest BCUT2D eigenvalue weighted by Crippen LogP contribution is 2.33. The average Bonchev–Trinajstić information content (AvgIpc) is 3.31. The van der Waals surface area contributed by atoms with Gasteiger partial charge in [0.15, 0.2) is 5.82 Å². The first-order valence-electron chi connectivity index (χ1n) is 7.41. The third kappa shape index (κ3) is 2.51. The summed E-state index contributed by atoms with van der Waals surface area (Å²) in [4.78, 5) is 13.2. The van der Waals surface area contributed by atoms with E-state index in [1.54, 1.807) is 24.8 Å². The minimum absolute atomic E-state index is 0.812. The smallest absolute Gasteiger partial charge is 0.151 e. The minimum atomic E-state index is 0.812. The van der Waals surface area contributed by atoms with Gasteiger partial charge in [-0.1, -0.05) is 12.1 Å². The number of hydrogen-bond donors (Lipinski definition) is 1. The largest absolute Gasteiger partial charge is 0.494 e. The molecule has 0 saturated carbocycles. The molecule has 0 amide bonds. The summed E-state index contributed by atoms with van der Waals surface area (Å²) in [6.45, 7) is 0.812. The molecule has 0 fully saturated rings. The fourth-order valence-electron chi connectivity index (χ4n) is 2.78. The summed E-state index contributed by atoms with van der Waals surface area (Å²) in [6, 6.07) is 10.1. The van der Waals surface area contributed by atoms with Crippen molar-refractivity contribution in [2.24, 2.45) is 0 Å². The number of nitrogens with zero attached hydrogens (tertiary/aromatic N) is 3. The summed E-state index contributed by atoms with van der Waals surface area (Å²) in [5.41, 5.74) is 3.11. The lowest BCUT2D eigenvalue weighted by atomic mass is 10.2. The van der Waals surface area contributed by atoms with E-state index >= 15 is 0 Å². The molecule has 4 rings (SSSR count). The number of aromatic nitrogens is 4. The third-order valence-electron chi connectivity index (χ3n) is 3.85. The van der Waals surface area contributed by atoms with Crippen molar-refractivity contribution in [3.8, 4) is 16.5 Å². The molecule has 5 nitrogen and oxygen atoms in total. The molecule has 0 bridgehead atoms. The Morgan fingerprint density at radius 2 is 2.22 bits per heavy atom. The van der Waals surface area contributed by atoms with Gasteiger partial charge in [0.1, 0.15) is 11.3 Å². The topological polar surface area (TPSA) is 55.7 Å². The molecule has 1 N–H and O–H groups in total. The number of ether oxygens (including phenoxy) is 1. The van der Waals surface area contributed by atoms with Crippen molar-refractivity contribution in [1.82, 2.24) is 19.5 Å². The maximum atomic E-state index is 5.56. The second-order valence-electron chi connectivity index (χ2n) is 5.22. The fraction of sp³-hybridized carbons (Fsp3) is 0.176. The summed E-state index contributed by atoms with van der Waals surface area (Å²) in [5.74, 6) is 1.83. The molecule has 0 unspecified atom stereocenters. The van der Waals surface area contributed by atoms with Crippen LogP contribution in [0.4, 0.5) is 0 Å². The first-order chi connectivity index (χ1) is 11.4. The van der Waals surface area contributed by atoms with E-state index < -0.39 is 0 Å². The zero-order valence-electron chi connectivity index (χ0n) is 12.7. The molecule has 0 radical (unpaired) electrons. The van der Waals surface area contributed by atoms with Crippen molar-refractivity contribution in [2.75, 3.05) is 7.11 Å². The van der Waals surface area contributed by atoms with Crippen molar-refractivity contribution < 1.29 is 4.74 Å². The molecule has 0 saturated heterocycles. The van der Waals surface area contributed by atoms with Crippen LogP contribution in [0.2, 0.25) is 0 Å². The van der Waals surface area contributed by atoms with E-state index in [9.17, 15) is 0 Å². The first kappa shape index (κ1) is 14.0. The van der Waals surface area contributed by atoms with Crippen molar-refractivity contribution in [3.63, 3.8) is 0 Å². The number of imidazole rings is 2. The van der Waals surface area contributed by atoms with E-state index in [-0.39, 0.29) is 0 Å². The van der Waals surface area contributed by atoms with Gasteiger partial charge in [-0.3, -0.25) is 0 Å². The second-order valence-corrected chi connectivity index (χ2v) is 6.17. The molecule has 0 aliphatic heterocycles. The molecule has 3 heterocycles. The molecule has 116 valence electrons. The van der Waals surface area contributed by atoms with Crippen LogP contribution >= 0.6 is 11.3 Å². The van der Waals surface area contributed by atoms with Gasteiger partial charge in [0.25, 0.3) is 0 Å². The van der Waals surface area contributed by atoms with Crippen LogP contribution < -0.4 is 4.74 Å². The van der Waals surface area contributed by atoms with Gasteiger partial charge < -0.3 is 14.3 Å². The average molecular weight is 324 g/mol. The number of methoxy groups -OCH3 is 1. The lowest BCUT2D eigenvalue weighted by Gasteiger charge is -2.10. The number of hydrogen-bond acceptors (Lipinski definition) is 4. The molecule has 4 aromatic rings. The maximum Gasteiger partial charge on any atom is 0.151 e. The van der Waals surface area contributed by atoms with Gasteiger partial charge >= 0.3 is 0 Å². The van der Waals surface area contributed by atoms with Crippen LogP contribution in [0.1, 0.15) is 5.69 Å². The van der Waals surface area contributed by atoms with E-state index in [2.05, 4.69) is 32.0 Å². The molecule has 6 heteroatoms. The first-order valence-corrected chi connectivity index (χ1v) is 8.29. The summed E-state index contributed by atoms with van der Waals surface area (Å²) in [5, 5.41) is 2.07. The Bertz CT molecular complexity index is 910. The monoisotopic (exact) mass is 324 g/mol. The summed E-state index contributed by atoms with van der Waals surface area (Å²) >= 11 is 1.70. The highest BCUT2D eigenvalue weighted by Gasteiger charge is 2.16. The van der Waals surface area contributed by atoms with Gasteiger partial charge in [-0.2, -0.15) is 0 Å². The molecular weight excluding hydrogens is 308 g/mol. The predicted molar refractivity (Wildman–Crippen MR) is 91.9 cm³/mol. The van der Waals surface area contributed by atoms with Crippen LogP contribution in [0.25, 0.3) is 21.7 Å². The van der Waals surface area contributed by atoms with Crippen LogP contribution in [0.15, 0.2) is 48.2 Å². The van der Waals surface area contributed by atoms with Crippen LogP contribution in [0.5, 0.6) is 5.75 Å². The van der Waals surface area contributed by atoms with E-state index in [0.717, 1.165) is 46.1 Å². The van der Waals surface area contributed by atoms with E-state index in [4.69, 9.17) is 9.72 Å². The van der Waals surface area contributed by atoms with Crippen molar-refractivity contribution in [2.45, 2.75) is 13.0 Å². The number of fused-ring (bicyclic) bond motifs is 1. The quantitative estimate of drug-likeness (QED) is 0.608. The fourth-order valence-corrected chi connectivity index (χ4v) is 3.50. The van der Waals surface area contributed by atoms with Gasteiger partial charge in [-0.25, -0.2) is 9.97 Å². The van der Waals surface area contributed by atoms with Crippen LogP contribution in [-0.2, 0) is 13.0 Å². The zero-order valence-corrected chi connectivity index (χ0v) is 13.5. The summed E-state index contributed by atoms with van der Waals surface area (Å²) < 4.78 is 7.80. The van der Waals surface area contributed by atoms with Crippen LogP contribution in [0.3, 0.4) is 0 Å². The number of benzene rings is 1. The molecular formula is C17H16N4OS. The Balaban J connectivity index is 1.85. The number of nitrogens with one attached hydrogen (secondary N) is 1. The standard InChI is InChI=1S/C17H16N4OS/c1-22-14-5-2-4-13-16(14)21(8-7-12-10-18-11-19-12)17(20-13)15-6-3-9-23-15/h2-6,9-11H,7-8H2,1H3,(H,18,19). The summed E-state index contributed by atoms with van der Waals surface area (Å²) in [6.07, 6.45) is 4.44. The van der Waals surface area contributed by atoms with Crippen LogP contribution in [-0.4, -0.2) is 26.6 Å². The van der Waals surface area contributed by atoms with Crippen molar-refractivity contribution >= 4 is 22.4 Å². The van der Waals surface area contributed by atoms with Crippen molar-refractivity contribution in [3.05, 3.63) is 53.9 Å². The molecule has 0 spiro atoms. The Morgan fingerprint density at radius 3 is 2.96 bits per heavy atom. The van der Waals surface area contributed by atoms with Gasteiger partial charge in [0.05, 0.1) is 23.8 Å². The Labute approximate surface area is 137 Å². The Hall–Kier alpha value is -2.60. The molecule has 3 aromatic heterocycles. The van der Waals surface area contributed by atoms with Crippen LogP contribution in [0, 0.1) is 0 Å².